The molecular weight excluding hydrogens is 274 g/mol. The Hall–Kier alpha value is -1.47. The molecule has 7 heteroatoms. The summed E-state index contributed by atoms with van der Waals surface area (Å²) in [5, 5.41) is 14.4. The third kappa shape index (κ3) is 2.43. The van der Waals surface area contributed by atoms with Crippen LogP contribution in [0.15, 0.2) is 17.7 Å². The van der Waals surface area contributed by atoms with Gasteiger partial charge in [0.1, 0.15) is 17.4 Å². The summed E-state index contributed by atoms with van der Waals surface area (Å²) >= 11 is 1.48. The number of aromatic nitrogens is 4. The van der Waals surface area contributed by atoms with Gasteiger partial charge in [-0.1, -0.05) is 11.8 Å². The van der Waals surface area contributed by atoms with Gasteiger partial charge in [0.05, 0.1) is 17.8 Å². The lowest BCUT2D eigenvalue weighted by atomic mass is 10.0. The first-order valence-corrected chi connectivity index (χ1v) is 7.83. The van der Waals surface area contributed by atoms with E-state index in [1.165, 1.54) is 18.1 Å². The van der Waals surface area contributed by atoms with Gasteiger partial charge >= 0.3 is 0 Å². The molecule has 2 atom stereocenters. The summed E-state index contributed by atoms with van der Waals surface area (Å²) in [7, 11) is 0. The molecule has 1 fully saturated rings. The molecule has 1 aliphatic rings. The maximum absolute atomic E-state index is 10.3. The lowest BCUT2D eigenvalue weighted by Gasteiger charge is -2.27. The van der Waals surface area contributed by atoms with Crippen molar-refractivity contribution < 1.29 is 5.11 Å². The summed E-state index contributed by atoms with van der Waals surface area (Å²) in [6.07, 6.45) is 7.88. The largest absolute Gasteiger partial charge is 0.388 e. The van der Waals surface area contributed by atoms with Crippen LogP contribution in [0.5, 0.6) is 0 Å². The highest BCUT2D eigenvalue weighted by molar-refractivity contribution is 7.98. The van der Waals surface area contributed by atoms with E-state index in [1.807, 2.05) is 13.2 Å². The number of nitrogens with one attached hydrogen (secondary N) is 1. The molecule has 0 saturated heterocycles. The fourth-order valence-corrected chi connectivity index (χ4v) is 2.92. The Morgan fingerprint density at radius 3 is 2.95 bits per heavy atom. The van der Waals surface area contributed by atoms with Crippen molar-refractivity contribution in [2.75, 3.05) is 11.6 Å². The Labute approximate surface area is 121 Å². The number of anilines is 1. The van der Waals surface area contributed by atoms with Gasteiger partial charge in [0.15, 0.2) is 11.0 Å². The van der Waals surface area contributed by atoms with Gasteiger partial charge in [-0.15, -0.1) is 0 Å². The van der Waals surface area contributed by atoms with E-state index in [2.05, 4.69) is 25.3 Å². The first-order valence-electron chi connectivity index (χ1n) is 6.61. The number of nitrogens with zero attached hydrogens (tertiary/aromatic N) is 4. The quantitative estimate of drug-likeness (QED) is 0.659. The van der Waals surface area contributed by atoms with Crippen molar-refractivity contribution in [1.82, 2.24) is 19.9 Å². The van der Waals surface area contributed by atoms with Crippen LogP contribution < -0.4 is 5.32 Å². The Kier molecular flexibility index (Phi) is 3.47. The lowest BCUT2D eigenvalue weighted by molar-refractivity contribution is 0.0578. The normalized spacial score (nSPS) is 26.1. The minimum atomic E-state index is -0.702. The molecule has 0 radical (unpaired) electrons. The number of aliphatic hydroxyl groups is 1. The van der Waals surface area contributed by atoms with Gasteiger partial charge in [-0.2, -0.15) is 0 Å². The van der Waals surface area contributed by atoms with Crippen molar-refractivity contribution in [3.05, 3.63) is 12.5 Å². The zero-order valence-corrected chi connectivity index (χ0v) is 12.3. The molecule has 3 rings (SSSR count). The van der Waals surface area contributed by atoms with Crippen LogP contribution in [0.2, 0.25) is 0 Å². The molecule has 0 spiro atoms. The Morgan fingerprint density at radius 1 is 1.40 bits per heavy atom. The molecular formula is C13H17N5OS. The standard InChI is InChI=1S/C13H17N5OS/c1-13(19)5-3-4-9(13)17-11-10-8(15-7-16-11)6-14-12(18-10)20-2/h6-7,9,19H,3-5H2,1-2H3,(H,15,16,17)/t9?,13-/m1/s1. The molecule has 106 valence electrons. The third-order valence-corrected chi connectivity index (χ3v) is 4.34. The second kappa shape index (κ2) is 5.14. The van der Waals surface area contributed by atoms with E-state index in [9.17, 15) is 5.11 Å². The van der Waals surface area contributed by atoms with Crippen LogP contribution >= 0.6 is 11.8 Å². The van der Waals surface area contributed by atoms with Gasteiger partial charge in [0, 0.05) is 0 Å². The van der Waals surface area contributed by atoms with Gasteiger partial charge in [-0.05, 0) is 32.4 Å². The zero-order chi connectivity index (χ0) is 14.2. The topological polar surface area (TPSA) is 83.8 Å². The Morgan fingerprint density at radius 2 is 2.25 bits per heavy atom. The van der Waals surface area contributed by atoms with Gasteiger partial charge in [0.2, 0.25) is 0 Å². The highest BCUT2D eigenvalue weighted by Crippen LogP contribution is 2.32. The first-order chi connectivity index (χ1) is 9.60. The monoisotopic (exact) mass is 291 g/mol. The van der Waals surface area contributed by atoms with E-state index in [1.54, 1.807) is 6.20 Å². The van der Waals surface area contributed by atoms with Crippen molar-refractivity contribution in [1.29, 1.82) is 0 Å². The molecule has 1 unspecified atom stereocenters. The minimum absolute atomic E-state index is 0.00621. The molecule has 0 bridgehead atoms. The van der Waals surface area contributed by atoms with Crippen LogP contribution in [-0.4, -0.2) is 42.9 Å². The Bertz CT molecular complexity index is 633. The van der Waals surface area contributed by atoms with Crippen LogP contribution in [0.4, 0.5) is 5.82 Å². The number of rotatable bonds is 3. The molecule has 1 saturated carbocycles. The van der Waals surface area contributed by atoms with E-state index in [0.29, 0.717) is 22.0 Å². The summed E-state index contributed by atoms with van der Waals surface area (Å²) in [6.45, 7) is 1.86. The third-order valence-electron chi connectivity index (χ3n) is 3.78. The SMILES string of the molecule is CSc1ncc2ncnc(NC3CCC[C@@]3(C)O)c2n1. The predicted molar refractivity (Wildman–Crippen MR) is 78.8 cm³/mol. The van der Waals surface area contributed by atoms with E-state index in [-0.39, 0.29) is 6.04 Å². The number of thioether (sulfide) groups is 1. The van der Waals surface area contributed by atoms with Gasteiger partial charge < -0.3 is 10.4 Å². The minimum Gasteiger partial charge on any atom is -0.388 e. The Balaban J connectivity index is 1.98. The van der Waals surface area contributed by atoms with Gasteiger partial charge in [0.25, 0.3) is 0 Å². The van der Waals surface area contributed by atoms with E-state index in [0.717, 1.165) is 19.3 Å². The van der Waals surface area contributed by atoms with Crippen LogP contribution in [0.3, 0.4) is 0 Å². The summed E-state index contributed by atoms with van der Waals surface area (Å²) in [5.74, 6) is 0.667. The van der Waals surface area contributed by atoms with Crippen molar-refractivity contribution >= 4 is 28.6 Å². The predicted octanol–water partition coefficient (Wildman–Crippen LogP) is 1.86. The van der Waals surface area contributed by atoms with Crippen molar-refractivity contribution in [2.24, 2.45) is 0 Å². The summed E-state index contributed by atoms with van der Waals surface area (Å²) < 4.78 is 0. The molecule has 2 N–H and O–H groups in total. The number of fused-ring (bicyclic) bond motifs is 1. The van der Waals surface area contributed by atoms with Crippen LogP contribution in [0.25, 0.3) is 11.0 Å². The fourth-order valence-electron chi connectivity index (χ4n) is 2.58. The van der Waals surface area contributed by atoms with E-state index >= 15 is 0 Å². The summed E-state index contributed by atoms with van der Waals surface area (Å²) in [6, 6.07) is -0.00621. The average molecular weight is 291 g/mol. The number of hydrogen-bond donors (Lipinski definition) is 2. The molecule has 6 nitrogen and oxygen atoms in total. The lowest BCUT2D eigenvalue weighted by Crippen LogP contribution is -2.39. The maximum Gasteiger partial charge on any atom is 0.188 e. The summed E-state index contributed by atoms with van der Waals surface area (Å²) in [4.78, 5) is 17.1. The van der Waals surface area contributed by atoms with Crippen LogP contribution in [0, 0.1) is 0 Å². The molecule has 2 aromatic rings. The highest BCUT2D eigenvalue weighted by atomic mass is 32.2. The van der Waals surface area contributed by atoms with Crippen molar-refractivity contribution in [2.45, 2.75) is 43.0 Å². The molecule has 2 heterocycles. The maximum atomic E-state index is 10.3. The second-order valence-corrected chi connectivity index (χ2v) is 6.03. The molecule has 0 amide bonds. The molecule has 0 aliphatic heterocycles. The smallest absolute Gasteiger partial charge is 0.188 e. The van der Waals surface area contributed by atoms with Crippen molar-refractivity contribution in [3.8, 4) is 0 Å². The van der Waals surface area contributed by atoms with E-state index < -0.39 is 5.60 Å². The molecule has 2 aromatic heterocycles. The molecule has 1 aliphatic carbocycles. The first kappa shape index (κ1) is 13.5. The summed E-state index contributed by atoms with van der Waals surface area (Å²) in [5.41, 5.74) is 0.708. The fraction of sp³-hybridized carbons (Fsp3) is 0.538. The van der Waals surface area contributed by atoms with Crippen molar-refractivity contribution in [3.63, 3.8) is 0 Å². The number of hydrogen-bond acceptors (Lipinski definition) is 7. The molecule has 0 aromatic carbocycles. The van der Waals surface area contributed by atoms with Crippen LogP contribution in [-0.2, 0) is 0 Å². The van der Waals surface area contributed by atoms with Gasteiger partial charge in [-0.25, -0.2) is 19.9 Å². The zero-order valence-electron chi connectivity index (χ0n) is 11.5. The van der Waals surface area contributed by atoms with Gasteiger partial charge in [-0.3, -0.25) is 0 Å². The second-order valence-electron chi connectivity index (χ2n) is 5.26. The molecule has 20 heavy (non-hydrogen) atoms. The van der Waals surface area contributed by atoms with E-state index in [4.69, 9.17) is 0 Å². The highest BCUT2D eigenvalue weighted by Gasteiger charge is 2.37. The van der Waals surface area contributed by atoms with Crippen LogP contribution in [0.1, 0.15) is 26.2 Å². The average Bonchev–Trinajstić information content (AvgIpc) is 2.78.